The van der Waals surface area contributed by atoms with Crippen LogP contribution < -0.4 is 4.90 Å². The molecule has 2 heterocycles. The van der Waals surface area contributed by atoms with E-state index in [1.807, 2.05) is 41.8 Å². The highest BCUT2D eigenvalue weighted by molar-refractivity contribution is 8.01. The van der Waals surface area contributed by atoms with Crippen molar-refractivity contribution in [2.75, 3.05) is 17.2 Å². The number of aryl methyl sites for hydroxylation is 1. The van der Waals surface area contributed by atoms with Gasteiger partial charge in [0.25, 0.3) is 0 Å². The fraction of sp³-hybridized carbons (Fsp3) is 0.400. The minimum absolute atomic E-state index is 0.139. The van der Waals surface area contributed by atoms with Crippen LogP contribution in [-0.4, -0.2) is 33.7 Å². The van der Waals surface area contributed by atoms with Crippen molar-refractivity contribution < 1.29 is 4.79 Å². The lowest BCUT2D eigenvalue weighted by atomic mass is 10.2. The fourth-order valence-corrected chi connectivity index (χ4v) is 5.09. The van der Waals surface area contributed by atoms with Crippen LogP contribution in [-0.2, 0) is 4.79 Å². The number of hydrogen-bond acceptors (Lipinski definition) is 6. The van der Waals surface area contributed by atoms with Crippen LogP contribution in [0.1, 0.15) is 18.4 Å². The number of benzene rings is 1. The Labute approximate surface area is 142 Å². The number of anilines is 1. The molecular weight excluding hydrogens is 334 g/mol. The SMILES string of the molecule is Cc1nnc(SCC(=O)N2CC[C@@H](C)Sc3ccccc32)s1. The Hall–Kier alpha value is -1.05. The third kappa shape index (κ3) is 3.64. The topological polar surface area (TPSA) is 46.1 Å². The van der Waals surface area contributed by atoms with Crippen LogP contribution >= 0.6 is 34.9 Å². The van der Waals surface area contributed by atoms with Crippen LogP contribution in [0, 0.1) is 6.92 Å². The molecule has 116 valence electrons. The zero-order chi connectivity index (χ0) is 15.5. The molecule has 0 radical (unpaired) electrons. The van der Waals surface area contributed by atoms with Gasteiger partial charge in [-0.1, -0.05) is 42.2 Å². The van der Waals surface area contributed by atoms with Crippen molar-refractivity contribution in [3.63, 3.8) is 0 Å². The second-order valence-electron chi connectivity index (χ2n) is 5.11. The summed E-state index contributed by atoms with van der Waals surface area (Å²) in [6.45, 7) is 4.92. The molecule has 1 aromatic heterocycles. The number of hydrogen-bond donors (Lipinski definition) is 0. The molecule has 0 unspecified atom stereocenters. The first kappa shape index (κ1) is 15.8. The van der Waals surface area contributed by atoms with E-state index in [2.05, 4.69) is 23.2 Å². The summed E-state index contributed by atoms with van der Waals surface area (Å²) in [5.74, 6) is 0.544. The zero-order valence-corrected chi connectivity index (χ0v) is 14.9. The van der Waals surface area contributed by atoms with E-state index in [0.717, 1.165) is 28.0 Å². The number of thioether (sulfide) groups is 2. The van der Waals surface area contributed by atoms with E-state index in [1.165, 1.54) is 28.0 Å². The number of nitrogens with zero attached hydrogens (tertiary/aromatic N) is 3. The molecule has 0 fully saturated rings. The van der Waals surface area contributed by atoms with E-state index >= 15 is 0 Å². The molecule has 1 aliphatic rings. The highest BCUT2D eigenvalue weighted by atomic mass is 32.2. The van der Waals surface area contributed by atoms with Gasteiger partial charge in [-0.05, 0) is 25.5 Å². The standard InChI is InChI=1S/C15H17N3OS3/c1-10-7-8-18(12-5-3-4-6-13(12)21-10)14(19)9-20-15-17-16-11(2)22-15/h3-6,10H,7-9H2,1-2H3/t10-/m1/s1. The van der Waals surface area contributed by atoms with Gasteiger partial charge >= 0.3 is 0 Å². The van der Waals surface area contributed by atoms with Crippen LogP contribution in [0.5, 0.6) is 0 Å². The average molecular weight is 352 g/mol. The Bertz CT molecular complexity index is 674. The Kier molecular flexibility index (Phi) is 5.05. The van der Waals surface area contributed by atoms with E-state index in [0.29, 0.717) is 11.0 Å². The first-order valence-corrected chi connectivity index (χ1v) is 9.80. The summed E-state index contributed by atoms with van der Waals surface area (Å²) in [6.07, 6.45) is 1.01. The van der Waals surface area contributed by atoms with Gasteiger partial charge in [-0.3, -0.25) is 4.79 Å². The highest BCUT2D eigenvalue weighted by Crippen LogP contribution is 2.37. The summed E-state index contributed by atoms with van der Waals surface area (Å²) in [6, 6.07) is 8.17. The molecule has 0 N–H and O–H groups in total. The summed E-state index contributed by atoms with van der Waals surface area (Å²) in [4.78, 5) is 15.8. The lowest BCUT2D eigenvalue weighted by Crippen LogP contribution is -2.33. The number of rotatable bonds is 3. The van der Waals surface area contributed by atoms with Gasteiger partial charge in [-0.25, -0.2) is 0 Å². The summed E-state index contributed by atoms with van der Waals surface area (Å²) in [5, 5.41) is 9.51. The third-order valence-corrected chi connectivity index (χ3v) is 6.57. The van der Waals surface area contributed by atoms with Crippen LogP contribution in [0.3, 0.4) is 0 Å². The molecule has 0 aliphatic carbocycles. The van der Waals surface area contributed by atoms with Gasteiger partial charge in [-0.2, -0.15) is 0 Å². The van der Waals surface area contributed by atoms with Gasteiger partial charge in [-0.15, -0.1) is 22.0 Å². The van der Waals surface area contributed by atoms with Crippen LogP contribution in [0.15, 0.2) is 33.5 Å². The zero-order valence-electron chi connectivity index (χ0n) is 12.5. The predicted octanol–water partition coefficient (Wildman–Crippen LogP) is 3.86. The van der Waals surface area contributed by atoms with Gasteiger partial charge in [0.05, 0.1) is 11.4 Å². The van der Waals surface area contributed by atoms with E-state index in [-0.39, 0.29) is 5.91 Å². The number of aromatic nitrogens is 2. The Balaban J connectivity index is 1.74. The molecule has 0 spiro atoms. The third-order valence-electron chi connectivity index (χ3n) is 3.37. The molecule has 2 aromatic rings. The summed E-state index contributed by atoms with van der Waals surface area (Å²) in [5.41, 5.74) is 1.04. The Morgan fingerprint density at radius 2 is 2.23 bits per heavy atom. The molecule has 3 rings (SSSR count). The number of carbonyl (C=O) groups excluding carboxylic acids is 1. The second kappa shape index (κ2) is 7.02. The number of carbonyl (C=O) groups is 1. The average Bonchev–Trinajstić information content (AvgIpc) is 2.84. The fourth-order valence-electron chi connectivity index (χ4n) is 2.28. The molecule has 1 aliphatic heterocycles. The van der Waals surface area contributed by atoms with Crippen LogP contribution in [0.4, 0.5) is 5.69 Å². The number of amides is 1. The minimum atomic E-state index is 0.139. The van der Waals surface area contributed by atoms with E-state index in [4.69, 9.17) is 0 Å². The number of para-hydroxylation sites is 1. The summed E-state index contributed by atoms with van der Waals surface area (Å²) >= 11 is 4.86. The normalized spacial score (nSPS) is 17.9. The quantitative estimate of drug-likeness (QED) is 0.786. The van der Waals surface area contributed by atoms with Crippen molar-refractivity contribution in [2.24, 2.45) is 0 Å². The maximum Gasteiger partial charge on any atom is 0.237 e. The number of fused-ring (bicyclic) bond motifs is 1. The van der Waals surface area contributed by atoms with Gasteiger partial charge in [0.2, 0.25) is 5.91 Å². The van der Waals surface area contributed by atoms with Crippen LogP contribution in [0.2, 0.25) is 0 Å². The first-order chi connectivity index (χ1) is 10.6. The molecule has 1 atom stereocenters. The van der Waals surface area contributed by atoms with Gasteiger partial charge in [0, 0.05) is 16.7 Å². The lowest BCUT2D eigenvalue weighted by molar-refractivity contribution is -0.116. The predicted molar refractivity (Wildman–Crippen MR) is 94.1 cm³/mol. The molecule has 4 nitrogen and oxygen atoms in total. The largest absolute Gasteiger partial charge is 0.311 e. The molecule has 0 bridgehead atoms. The molecule has 7 heteroatoms. The van der Waals surface area contributed by atoms with E-state index < -0.39 is 0 Å². The first-order valence-electron chi connectivity index (χ1n) is 7.12. The van der Waals surface area contributed by atoms with Crippen molar-refractivity contribution in [1.29, 1.82) is 0 Å². The molecule has 0 saturated carbocycles. The van der Waals surface area contributed by atoms with Crippen molar-refractivity contribution in [1.82, 2.24) is 10.2 Å². The van der Waals surface area contributed by atoms with E-state index in [1.54, 1.807) is 0 Å². The molecule has 22 heavy (non-hydrogen) atoms. The smallest absolute Gasteiger partial charge is 0.237 e. The Morgan fingerprint density at radius 3 is 3.00 bits per heavy atom. The van der Waals surface area contributed by atoms with Gasteiger partial charge in [0.1, 0.15) is 5.01 Å². The molecule has 0 saturated heterocycles. The van der Waals surface area contributed by atoms with Crippen molar-refractivity contribution in [3.05, 3.63) is 29.3 Å². The summed E-state index contributed by atoms with van der Waals surface area (Å²) in [7, 11) is 0. The summed E-state index contributed by atoms with van der Waals surface area (Å²) < 4.78 is 0.858. The van der Waals surface area contributed by atoms with Crippen LogP contribution in [0.25, 0.3) is 0 Å². The minimum Gasteiger partial charge on any atom is -0.311 e. The lowest BCUT2D eigenvalue weighted by Gasteiger charge is -2.22. The van der Waals surface area contributed by atoms with Crippen molar-refractivity contribution >= 4 is 46.5 Å². The highest BCUT2D eigenvalue weighted by Gasteiger charge is 2.24. The van der Waals surface area contributed by atoms with E-state index in [9.17, 15) is 4.79 Å². The second-order valence-corrected chi connectivity index (χ2v) is 8.99. The van der Waals surface area contributed by atoms with Crippen molar-refractivity contribution in [2.45, 2.75) is 34.8 Å². The Morgan fingerprint density at radius 1 is 1.41 bits per heavy atom. The monoisotopic (exact) mass is 351 g/mol. The molecular formula is C15H17N3OS3. The molecule has 1 aromatic carbocycles. The van der Waals surface area contributed by atoms with Gasteiger partial charge in [0.15, 0.2) is 4.34 Å². The molecule has 1 amide bonds. The van der Waals surface area contributed by atoms with Gasteiger partial charge < -0.3 is 4.90 Å². The van der Waals surface area contributed by atoms with Crippen molar-refractivity contribution in [3.8, 4) is 0 Å². The maximum absolute atomic E-state index is 12.7. The maximum atomic E-state index is 12.7.